The molecular formula is C20H13NO3S. The fourth-order valence-electron chi connectivity index (χ4n) is 3.22. The minimum absolute atomic E-state index is 0.0402. The van der Waals surface area contributed by atoms with E-state index in [1.165, 1.54) is 6.07 Å². The highest BCUT2D eigenvalue weighted by atomic mass is 32.1. The molecule has 0 radical (unpaired) electrons. The summed E-state index contributed by atoms with van der Waals surface area (Å²) in [6, 6.07) is 15.2. The molecule has 3 N–H and O–H groups in total. The zero-order chi connectivity index (χ0) is 17.7. The predicted molar refractivity (Wildman–Crippen MR) is 98.5 cm³/mol. The number of aromatic hydroxyl groups is 1. The number of nitrogen functional groups attached to an aromatic ring is 1. The number of phenolic OH excluding ortho intramolecular Hbond substituents is 1. The van der Waals surface area contributed by atoms with Gasteiger partial charge in [-0.3, -0.25) is 9.59 Å². The van der Waals surface area contributed by atoms with Crippen LogP contribution in [0.3, 0.4) is 0 Å². The highest BCUT2D eigenvalue weighted by molar-refractivity contribution is 7.80. The average Bonchev–Trinajstić information content (AvgIpc) is 2.62. The third-order valence-electron chi connectivity index (χ3n) is 4.41. The Morgan fingerprint density at radius 3 is 1.88 bits per heavy atom. The number of fused-ring (bicyclic) bond motifs is 2. The predicted octanol–water partition coefficient (Wildman–Crippen LogP) is 3.71. The van der Waals surface area contributed by atoms with Crippen LogP contribution in [0.5, 0.6) is 5.75 Å². The fourth-order valence-corrected chi connectivity index (χ4v) is 3.50. The van der Waals surface area contributed by atoms with Crippen LogP contribution in [0.15, 0.2) is 59.5 Å². The number of carbonyl (C=O) groups excluding carboxylic acids is 2. The van der Waals surface area contributed by atoms with E-state index in [1.54, 1.807) is 36.4 Å². The molecule has 5 heteroatoms. The summed E-state index contributed by atoms with van der Waals surface area (Å²) in [6.45, 7) is 0. The smallest absolute Gasteiger partial charge is 0.198 e. The number of nitrogens with two attached hydrogens (primary N) is 1. The van der Waals surface area contributed by atoms with Crippen molar-refractivity contribution in [2.75, 3.05) is 5.73 Å². The van der Waals surface area contributed by atoms with Crippen molar-refractivity contribution in [3.63, 3.8) is 0 Å². The quantitative estimate of drug-likeness (QED) is 0.279. The summed E-state index contributed by atoms with van der Waals surface area (Å²) < 4.78 is 0. The van der Waals surface area contributed by atoms with E-state index in [9.17, 15) is 14.7 Å². The van der Waals surface area contributed by atoms with Crippen LogP contribution in [0.1, 0.15) is 31.8 Å². The maximum absolute atomic E-state index is 12.9. The van der Waals surface area contributed by atoms with Crippen molar-refractivity contribution in [3.05, 3.63) is 76.9 Å². The lowest BCUT2D eigenvalue weighted by Gasteiger charge is -2.22. The zero-order valence-corrected chi connectivity index (χ0v) is 13.9. The number of carbonyl (C=O) groups is 2. The Bertz CT molecular complexity index is 1070. The summed E-state index contributed by atoms with van der Waals surface area (Å²) in [5, 5.41) is 10.5. The summed E-state index contributed by atoms with van der Waals surface area (Å²) in [5.74, 6) is -1.03. The average molecular weight is 347 g/mol. The molecule has 0 spiro atoms. The van der Waals surface area contributed by atoms with Gasteiger partial charge in [-0.05, 0) is 17.7 Å². The summed E-state index contributed by atoms with van der Waals surface area (Å²) in [6.07, 6.45) is 0. The highest BCUT2D eigenvalue weighted by Gasteiger charge is 2.34. The number of anilines is 1. The van der Waals surface area contributed by atoms with Gasteiger partial charge >= 0.3 is 0 Å². The van der Waals surface area contributed by atoms with E-state index >= 15 is 0 Å². The van der Waals surface area contributed by atoms with Gasteiger partial charge in [0, 0.05) is 21.6 Å². The van der Waals surface area contributed by atoms with E-state index < -0.39 is 5.78 Å². The number of ketones is 2. The van der Waals surface area contributed by atoms with Gasteiger partial charge in [0.15, 0.2) is 11.6 Å². The lowest BCUT2D eigenvalue weighted by atomic mass is 9.81. The van der Waals surface area contributed by atoms with Gasteiger partial charge in [-0.1, -0.05) is 42.5 Å². The Kier molecular flexibility index (Phi) is 3.40. The van der Waals surface area contributed by atoms with Crippen molar-refractivity contribution < 1.29 is 14.7 Å². The molecule has 0 amide bonds. The normalized spacial score (nSPS) is 12.7. The molecule has 0 aliphatic heterocycles. The molecule has 4 rings (SSSR count). The van der Waals surface area contributed by atoms with Gasteiger partial charge in [0.2, 0.25) is 0 Å². The molecule has 122 valence electrons. The van der Waals surface area contributed by atoms with Crippen molar-refractivity contribution in [2.24, 2.45) is 0 Å². The van der Waals surface area contributed by atoms with Crippen molar-refractivity contribution in [1.82, 2.24) is 0 Å². The van der Waals surface area contributed by atoms with E-state index in [1.807, 2.05) is 12.1 Å². The Labute approximate surface area is 149 Å². The molecule has 0 bridgehead atoms. The van der Waals surface area contributed by atoms with Crippen LogP contribution in [0, 0.1) is 0 Å². The lowest BCUT2D eigenvalue weighted by molar-refractivity contribution is 0.0977. The molecule has 0 fully saturated rings. The lowest BCUT2D eigenvalue weighted by Crippen LogP contribution is -2.22. The van der Waals surface area contributed by atoms with Crippen molar-refractivity contribution >= 4 is 29.9 Å². The molecule has 3 aromatic rings. The van der Waals surface area contributed by atoms with Crippen LogP contribution in [-0.2, 0) is 0 Å². The summed E-state index contributed by atoms with van der Waals surface area (Å²) in [7, 11) is 0. The second kappa shape index (κ2) is 5.50. The van der Waals surface area contributed by atoms with Crippen LogP contribution in [-0.4, -0.2) is 16.7 Å². The number of hydrogen-bond donors (Lipinski definition) is 3. The number of benzene rings is 3. The van der Waals surface area contributed by atoms with Gasteiger partial charge in [-0.25, -0.2) is 0 Å². The number of thiol groups is 1. The molecule has 25 heavy (non-hydrogen) atoms. The standard InChI is InChI=1S/C20H13NO3S/c21-18-13(10-5-3-4-8-15(10)25)9-14(22)16-17(18)20(24)12-7-2-1-6-11(12)19(16)23/h1-9,22,25H,21H2. The molecule has 0 unspecified atom stereocenters. The van der Waals surface area contributed by atoms with Crippen LogP contribution in [0.25, 0.3) is 11.1 Å². The molecule has 1 aliphatic carbocycles. The number of rotatable bonds is 1. The number of hydrogen-bond acceptors (Lipinski definition) is 5. The third kappa shape index (κ3) is 2.16. The van der Waals surface area contributed by atoms with Crippen LogP contribution in [0.2, 0.25) is 0 Å². The van der Waals surface area contributed by atoms with E-state index in [-0.39, 0.29) is 33.9 Å². The van der Waals surface area contributed by atoms with E-state index in [0.717, 1.165) is 0 Å². The first-order chi connectivity index (χ1) is 12.0. The maximum Gasteiger partial charge on any atom is 0.198 e. The molecule has 0 aromatic heterocycles. The Hall–Kier alpha value is -3.05. The molecule has 0 heterocycles. The van der Waals surface area contributed by atoms with Gasteiger partial charge in [0.05, 0.1) is 16.8 Å². The molecular weight excluding hydrogens is 334 g/mol. The zero-order valence-electron chi connectivity index (χ0n) is 13.0. The van der Waals surface area contributed by atoms with Crippen LogP contribution in [0.4, 0.5) is 5.69 Å². The second-order valence-corrected chi connectivity index (χ2v) is 6.31. The summed E-state index contributed by atoms with van der Waals surface area (Å²) >= 11 is 4.41. The molecule has 0 saturated carbocycles. The molecule has 4 nitrogen and oxygen atoms in total. The van der Waals surface area contributed by atoms with Crippen LogP contribution < -0.4 is 5.73 Å². The monoisotopic (exact) mass is 347 g/mol. The molecule has 3 aromatic carbocycles. The largest absolute Gasteiger partial charge is 0.507 e. The van der Waals surface area contributed by atoms with Gasteiger partial charge in [-0.15, -0.1) is 12.6 Å². The summed E-state index contributed by atoms with van der Waals surface area (Å²) in [4.78, 5) is 26.3. The topological polar surface area (TPSA) is 80.4 Å². The van der Waals surface area contributed by atoms with Crippen molar-refractivity contribution in [1.29, 1.82) is 0 Å². The minimum atomic E-state index is -0.403. The van der Waals surface area contributed by atoms with Gasteiger partial charge < -0.3 is 10.8 Å². The van der Waals surface area contributed by atoms with Gasteiger partial charge in [0.1, 0.15) is 5.75 Å². The minimum Gasteiger partial charge on any atom is -0.507 e. The highest BCUT2D eigenvalue weighted by Crippen LogP contribution is 2.42. The van der Waals surface area contributed by atoms with Crippen molar-refractivity contribution in [2.45, 2.75) is 4.90 Å². The summed E-state index contributed by atoms with van der Waals surface area (Å²) in [5.41, 5.74) is 8.17. The first-order valence-electron chi connectivity index (χ1n) is 7.63. The van der Waals surface area contributed by atoms with Crippen molar-refractivity contribution in [3.8, 4) is 16.9 Å². The first kappa shape index (κ1) is 15.5. The second-order valence-electron chi connectivity index (χ2n) is 5.83. The van der Waals surface area contributed by atoms with Gasteiger partial charge in [0.25, 0.3) is 0 Å². The molecule has 0 atom stereocenters. The van der Waals surface area contributed by atoms with E-state index in [4.69, 9.17) is 5.73 Å². The Balaban J connectivity index is 2.05. The SMILES string of the molecule is Nc1c(-c2ccccc2S)cc(O)c2c1C(=O)c1ccccc1C2=O. The molecule has 0 saturated heterocycles. The first-order valence-corrected chi connectivity index (χ1v) is 8.07. The van der Waals surface area contributed by atoms with Gasteiger partial charge in [-0.2, -0.15) is 0 Å². The van der Waals surface area contributed by atoms with E-state index in [2.05, 4.69) is 12.6 Å². The van der Waals surface area contributed by atoms with Crippen LogP contribution >= 0.6 is 12.6 Å². The Morgan fingerprint density at radius 1 is 0.760 bits per heavy atom. The Morgan fingerprint density at radius 2 is 1.28 bits per heavy atom. The third-order valence-corrected chi connectivity index (χ3v) is 4.80. The number of phenols is 1. The fraction of sp³-hybridized carbons (Fsp3) is 0. The van der Waals surface area contributed by atoms with E-state index in [0.29, 0.717) is 21.6 Å². The molecule has 1 aliphatic rings. The maximum atomic E-state index is 12.9.